The van der Waals surface area contributed by atoms with Crippen LogP contribution in [0.5, 0.6) is 5.75 Å². The van der Waals surface area contributed by atoms with Crippen molar-refractivity contribution in [3.63, 3.8) is 0 Å². The molecule has 7 nitrogen and oxygen atoms in total. The van der Waals surface area contributed by atoms with Crippen LogP contribution in [0.2, 0.25) is 0 Å². The zero-order valence-electron chi connectivity index (χ0n) is 19.8. The van der Waals surface area contributed by atoms with Crippen LogP contribution in [0.3, 0.4) is 0 Å². The summed E-state index contributed by atoms with van der Waals surface area (Å²) >= 11 is 0. The third-order valence-electron chi connectivity index (χ3n) is 6.67. The van der Waals surface area contributed by atoms with Crippen molar-refractivity contribution in [1.29, 1.82) is 0 Å². The Kier molecular flexibility index (Phi) is 8.24. The number of ether oxygens (including phenoxy) is 2. The van der Waals surface area contributed by atoms with Gasteiger partial charge < -0.3 is 14.4 Å². The summed E-state index contributed by atoms with van der Waals surface area (Å²) in [4.78, 5) is 15.1. The molecule has 34 heavy (non-hydrogen) atoms. The number of hydrogen-bond donors (Lipinski definition) is 0. The Morgan fingerprint density at radius 1 is 1.03 bits per heavy atom. The number of carbonyl (C=O) groups is 1. The van der Waals surface area contributed by atoms with Crippen LogP contribution >= 0.6 is 0 Å². The zero-order valence-corrected chi connectivity index (χ0v) is 20.6. The predicted molar refractivity (Wildman–Crippen MR) is 131 cm³/mol. The molecule has 8 heteroatoms. The van der Waals surface area contributed by atoms with Gasteiger partial charge in [-0.25, -0.2) is 8.42 Å². The Hall–Kier alpha value is -2.42. The summed E-state index contributed by atoms with van der Waals surface area (Å²) in [6, 6.07) is 14.7. The molecule has 0 N–H and O–H groups in total. The van der Waals surface area contributed by atoms with Crippen LogP contribution in [0, 0.1) is 5.92 Å². The van der Waals surface area contributed by atoms with Gasteiger partial charge >= 0.3 is 0 Å². The molecule has 2 aromatic carbocycles. The fourth-order valence-electron chi connectivity index (χ4n) is 4.62. The van der Waals surface area contributed by atoms with E-state index in [0.717, 1.165) is 31.4 Å². The fourth-order valence-corrected chi connectivity index (χ4v) is 6.08. The highest BCUT2D eigenvalue weighted by atomic mass is 32.2. The van der Waals surface area contributed by atoms with Gasteiger partial charge in [0.05, 0.1) is 24.7 Å². The standard InChI is InChI=1S/C26H34N2O5S/c1-2-33-24-10-8-21(9-11-24)6-7-22-12-14-27(15-13-22)26(29)23-4-3-5-25(20-23)34(30,31)28-16-18-32-19-17-28/h3-5,8-11,20,22H,2,6-7,12-19H2,1H3. The van der Waals surface area contributed by atoms with Gasteiger partial charge in [0.2, 0.25) is 10.0 Å². The van der Waals surface area contributed by atoms with Crippen LogP contribution < -0.4 is 4.74 Å². The smallest absolute Gasteiger partial charge is 0.253 e. The minimum Gasteiger partial charge on any atom is -0.494 e. The fraction of sp³-hybridized carbons (Fsp3) is 0.500. The van der Waals surface area contributed by atoms with Gasteiger partial charge in [0.15, 0.2) is 0 Å². The summed E-state index contributed by atoms with van der Waals surface area (Å²) in [5, 5.41) is 0. The van der Waals surface area contributed by atoms with E-state index in [1.54, 1.807) is 18.2 Å². The second-order valence-electron chi connectivity index (χ2n) is 8.90. The molecule has 2 aromatic rings. The monoisotopic (exact) mass is 486 g/mol. The Labute approximate surface area is 202 Å². The van der Waals surface area contributed by atoms with Gasteiger partial charge in [-0.2, -0.15) is 4.31 Å². The number of benzene rings is 2. The van der Waals surface area contributed by atoms with Gasteiger partial charge in [0.25, 0.3) is 5.91 Å². The summed E-state index contributed by atoms with van der Waals surface area (Å²) in [6.45, 7) is 5.52. The molecule has 2 saturated heterocycles. The third kappa shape index (κ3) is 5.98. The van der Waals surface area contributed by atoms with E-state index in [9.17, 15) is 13.2 Å². The molecule has 2 aliphatic rings. The number of aryl methyl sites for hydroxylation is 1. The van der Waals surface area contributed by atoms with Gasteiger partial charge in [-0.05, 0) is 74.4 Å². The summed E-state index contributed by atoms with van der Waals surface area (Å²) < 4.78 is 38.1. The molecular formula is C26H34N2O5S. The molecule has 0 bridgehead atoms. The van der Waals surface area contributed by atoms with Gasteiger partial charge in [-0.3, -0.25) is 4.79 Å². The third-order valence-corrected chi connectivity index (χ3v) is 8.56. The maximum absolute atomic E-state index is 13.1. The Morgan fingerprint density at radius 2 is 1.74 bits per heavy atom. The first-order valence-electron chi connectivity index (χ1n) is 12.2. The molecule has 0 unspecified atom stereocenters. The second kappa shape index (κ2) is 11.3. The summed E-state index contributed by atoms with van der Waals surface area (Å²) in [7, 11) is -3.62. The highest BCUT2D eigenvalue weighted by Crippen LogP contribution is 2.25. The molecule has 0 atom stereocenters. The summed E-state index contributed by atoms with van der Waals surface area (Å²) in [6.07, 6.45) is 4.05. The zero-order chi connectivity index (χ0) is 24.0. The SMILES string of the molecule is CCOc1ccc(CCC2CCN(C(=O)c3cccc(S(=O)(=O)N4CCOCC4)c3)CC2)cc1. The normalized spacial score (nSPS) is 18.1. The number of piperidine rings is 1. The lowest BCUT2D eigenvalue weighted by Gasteiger charge is -2.32. The number of amides is 1. The lowest BCUT2D eigenvalue weighted by Crippen LogP contribution is -2.41. The number of morpholine rings is 1. The molecule has 2 fully saturated rings. The van der Waals surface area contributed by atoms with Crippen molar-refractivity contribution in [3.05, 3.63) is 59.7 Å². The number of nitrogens with zero attached hydrogens (tertiary/aromatic N) is 2. The van der Waals surface area contributed by atoms with Gasteiger partial charge in [-0.1, -0.05) is 18.2 Å². The minimum atomic E-state index is -3.62. The van der Waals surface area contributed by atoms with Crippen LogP contribution in [-0.4, -0.2) is 69.5 Å². The van der Waals surface area contributed by atoms with E-state index in [0.29, 0.717) is 57.5 Å². The Bertz CT molecular complexity index is 1060. The first-order chi connectivity index (χ1) is 16.5. The van der Waals surface area contributed by atoms with E-state index in [1.165, 1.54) is 15.9 Å². The van der Waals surface area contributed by atoms with Gasteiger partial charge in [0.1, 0.15) is 5.75 Å². The molecule has 0 radical (unpaired) electrons. The summed E-state index contributed by atoms with van der Waals surface area (Å²) in [5.41, 5.74) is 1.74. The largest absolute Gasteiger partial charge is 0.494 e. The van der Waals surface area contributed by atoms with Crippen LogP contribution in [0.25, 0.3) is 0 Å². The van der Waals surface area contributed by atoms with Gasteiger partial charge in [0, 0.05) is 31.7 Å². The van der Waals surface area contributed by atoms with E-state index in [4.69, 9.17) is 9.47 Å². The van der Waals surface area contributed by atoms with Crippen LogP contribution in [0.4, 0.5) is 0 Å². The average molecular weight is 487 g/mol. The molecular weight excluding hydrogens is 452 g/mol. The molecule has 184 valence electrons. The van der Waals surface area contributed by atoms with E-state index in [-0.39, 0.29) is 10.8 Å². The molecule has 2 aliphatic heterocycles. The number of likely N-dealkylation sites (tertiary alicyclic amines) is 1. The topological polar surface area (TPSA) is 76.2 Å². The lowest BCUT2D eigenvalue weighted by molar-refractivity contribution is 0.0686. The first-order valence-corrected chi connectivity index (χ1v) is 13.6. The highest BCUT2D eigenvalue weighted by molar-refractivity contribution is 7.89. The molecule has 0 aromatic heterocycles. The quantitative estimate of drug-likeness (QED) is 0.570. The van der Waals surface area contributed by atoms with Crippen LogP contribution in [0.1, 0.15) is 42.1 Å². The number of hydrogen-bond acceptors (Lipinski definition) is 5. The molecule has 0 saturated carbocycles. The highest BCUT2D eigenvalue weighted by Gasteiger charge is 2.28. The van der Waals surface area contributed by atoms with Crippen molar-refractivity contribution in [3.8, 4) is 5.75 Å². The maximum atomic E-state index is 13.1. The summed E-state index contributed by atoms with van der Waals surface area (Å²) in [5.74, 6) is 1.40. The van der Waals surface area contributed by atoms with Crippen molar-refractivity contribution >= 4 is 15.9 Å². The van der Waals surface area contributed by atoms with Crippen LogP contribution in [0.15, 0.2) is 53.4 Å². The van der Waals surface area contributed by atoms with E-state index < -0.39 is 10.0 Å². The number of carbonyl (C=O) groups excluding carboxylic acids is 1. The lowest BCUT2D eigenvalue weighted by atomic mass is 9.90. The Morgan fingerprint density at radius 3 is 2.41 bits per heavy atom. The molecule has 1 amide bonds. The first kappa shape index (κ1) is 24.7. The van der Waals surface area contributed by atoms with Crippen LogP contribution in [-0.2, 0) is 21.2 Å². The predicted octanol–water partition coefficient (Wildman–Crippen LogP) is 3.59. The van der Waals surface area contributed by atoms with Gasteiger partial charge in [-0.15, -0.1) is 0 Å². The average Bonchev–Trinajstić information content (AvgIpc) is 2.89. The Balaban J connectivity index is 1.30. The van der Waals surface area contributed by atoms with E-state index in [1.807, 2.05) is 24.0 Å². The van der Waals surface area contributed by atoms with E-state index in [2.05, 4.69) is 12.1 Å². The van der Waals surface area contributed by atoms with E-state index >= 15 is 0 Å². The number of rotatable bonds is 8. The molecule has 4 rings (SSSR count). The number of sulfonamides is 1. The maximum Gasteiger partial charge on any atom is 0.253 e. The molecule has 0 spiro atoms. The minimum absolute atomic E-state index is 0.0935. The molecule has 2 heterocycles. The van der Waals surface area contributed by atoms with Crippen molar-refractivity contribution < 1.29 is 22.7 Å². The van der Waals surface area contributed by atoms with Crippen molar-refractivity contribution in [1.82, 2.24) is 9.21 Å². The van der Waals surface area contributed by atoms with Crippen molar-refractivity contribution in [2.45, 2.75) is 37.5 Å². The molecule has 0 aliphatic carbocycles. The van der Waals surface area contributed by atoms with Crippen molar-refractivity contribution in [2.75, 3.05) is 46.0 Å². The second-order valence-corrected chi connectivity index (χ2v) is 10.8. The van der Waals surface area contributed by atoms with Crippen molar-refractivity contribution in [2.24, 2.45) is 5.92 Å².